The van der Waals surface area contributed by atoms with Crippen LogP contribution < -0.4 is 15.1 Å². The molecule has 10 heteroatoms. The van der Waals surface area contributed by atoms with Gasteiger partial charge < -0.3 is 24.6 Å². The van der Waals surface area contributed by atoms with Gasteiger partial charge in [-0.2, -0.15) is 0 Å². The minimum absolute atomic E-state index is 0.137. The van der Waals surface area contributed by atoms with Crippen molar-refractivity contribution >= 4 is 40.3 Å². The van der Waals surface area contributed by atoms with Gasteiger partial charge in [-0.05, 0) is 24.3 Å². The summed E-state index contributed by atoms with van der Waals surface area (Å²) in [5.74, 6) is -0.429. The second-order valence-corrected chi connectivity index (χ2v) is 7.71. The molecule has 0 unspecified atom stereocenters. The lowest BCUT2D eigenvalue weighted by Crippen LogP contribution is -2.38. The van der Waals surface area contributed by atoms with Crippen LogP contribution in [0.5, 0.6) is 0 Å². The lowest BCUT2D eigenvalue weighted by atomic mass is 10.1. The largest absolute Gasteiger partial charge is 0.378 e. The molecule has 0 aliphatic carbocycles. The molecule has 0 aromatic heterocycles. The van der Waals surface area contributed by atoms with Gasteiger partial charge >= 0.3 is 0 Å². The number of carbonyl (C=O) groups is 1. The van der Waals surface area contributed by atoms with Crippen LogP contribution in [0, 0.1) is 10.1 Å². The molecule has 0 bridgehead atoms. The molecule has 0 spiro atoms. The van der Waals surface area contributed by atoms with E-state index < -0.39 is 10.8 Å². The molecule has 2 aliphatic heterocycles. The number of anilines is 3. The smallest absolute Gasteiger partial charge is 0.270 e. The standard InChI is InChI=1S/C21H23ClN4O5/c22-15-1-3-20(25-7-11-31-12-8-25)18(13-15)23-21(27)17-14-16(26(28)29)2-4-19(17)24-5-9-30-10-6-24/h1-4,13-14H,5-12H2,(H,23,27). The summed E-state index contributed by atoms with van der Waals surface area (Å²) in [6.45, 7) is 4.87. The van der Waals surface area contributed by atoms with Crippen LogP contribution >= 0.6 is 11.6 Å². The van der Waals surface area contributed by atoms with E-state index in [0.29, 0.717) is 69.0 Å². The highest BCUT2D eigenvalue weighted by molar-refractivity contribution is 6.31. The number of morpholine rings is 2. The van der Waals surface area contributed by atoms with Crippen LogP contribution in [-0.2, 0) is 9.47 Å². The Balaban J connectivity index is 1.67. The lowest BCUT2D eigenvalue weighted by Gasteiger charge is -2.31. The van der Waals surface area contributed by atoms with Crippen molar-refractivity contribution in [2.75, 3.05) is 67.7 Å². The van der Waals surface area contributed by atoms with E-state index in [-0.39, 0.29) is 11.3 Å². The highest BCUT2D eigenvalue weighted by Gasteiger charge is 2.24. The second kappa shape index (κ2) is 9.51. The molecule has 2 saturated heterocycles. The molecule has 2 heterocycles. The number of hydrogen-bond donors (Lipinski definition) is 1. The maximum Gasteiger partial charge on any atom is 0.270 e. The first-order chi connectivity index (χ1) is 15.0. The molecular formula is C21H23ClN4O5. The molecule has 2 fully saturated rings. The minimum Gasteiger partial charge on any atom is -0.378 e. The Morgan fingerprint density at radius 3 is 2.13 bits per heavy atom. The first-order valence-corrected chi connectivity index (χ1v) is 10.5. The van der Waals surface area contributed by atoms with Crippen LogP contribution in [0.25, 0.3) is 0 Å². The molecule has 2 aromatic rings. The van der Waals surface area contributed by atoms with Crippen LogP contribution in [0.2, 0.25) is 5.02 Å². The number of non-ortho nitro benzene ring substituents is 1. The molecule has 164 valence electrons. The maximum absolute atomic E-state index is 13.3. The van der Waals surface area contributed by atoms with Crippen molar-refractivity contribution < 1.29 is 19.2 Å². The fraction of sp³-hybridized carbons (Fsp3) is 0.381. The van der Waals surface area contributed by atoms with Gasteiger partial charge in [0.25, 0.3) is 11.6 Å². The van der Waals surface area contributed by atoms with Crippen molar-refractivity contribution in [1.29, 1.82) is 0 Å². The zero-order valence-electron chi connectivity index (χ0n) is 16.9. The molecule has 2 aliphatic rings. The van der Waals surface area contributed by atoms with Crippen molar-refractivity contribution in [3.05, 3.63) is 57.1 Å². The lowest BCUT2D eigenvalue weighted by molar-refractivity contribution is -0.384. The number of halogens is 1. The van der Waals surface area contributed by atoms with Gasteiger partial charge in [0, 0.05) is 43.3 Å². The average molecular weight is 447 g/mol. The molecule has 31 heavy (non-hydrogen) atoms. The van der Waals surface area contributed by atoms with Crippen molar-refractivity contribution in [2.24, 2.45) is 0 Å². The molecule has 9 nitrogen and oxygen atoms in total. The quantitative estimate of drug-likeness (QED) is 0.556. The Kier molecular flexibility index (Phi) is 6.55. The van der Waals surface area contributed by atoms with Crippen LogP contribution in [0.3, 0.4) is 0 Å². The van der Waals surface area contributed by atoms with E-state index in [1.54, 1.807) is 18.2 Å². The molecule has 0 atom stereocenters. The van der Waals surface area contributed by atoms with Gasteiger partial charge in [-0.15, -0.1) is 0 Å². The Bertz CT molecular complexity index is 974. The summed E-state index contributed by atoms with van der Waals surface area (Å²) in [6, 6.07) is 9.68. The van der Waals surface area contributed by atoms with Crippen molar-refractivity contribution in [3.63, 3.8) is 0 Å². The Morgan fingerprint density at radius 1 is 0.935 bits per heavy atom. The van der Waals surface area contributed by atoms with E-state index in [9.17, 15) is 14.9 Å². The Hall–Kier alpha value is -2.88. The summed E-state index contributed by atoms with van der Waals surface area (Å²) < 4.78 is 10.8. The molecule has 1 amide bonds. The zero-order valence-corrected chi connectivity index (χ0v) is 17.6. The summed E-state index contributed by atoms with van der Waals surface area (Å²) in [6.07, 6.45) is 0. The SMILES string of the molecule is O=C(Nc1cc(Cl)ccc1N1CCOCC1)c1cc([N+](=O)[O-])ccc1N1CCOCC1. The Labute approximate surface area is 184 Å². The molecule has 0 radical (unpaired) electrons. The van der Waals surface area contributed by atoms with E-state index >= 15 is 0 Å². The fourth-order valence-corrected chi connectivity index (χ4v) is 3.95. The highest BCUT2D eigenvalue weighted by atomic mass is 35.5. The Morgan fingerprint density at radius 2 is 1.52 bits per heavy atom. The van der Waals surface area contributed by atoms with Crippen LogP contribution in [-0.4, -0.2) is 63.4 Å². The van der Waals surface area contributed by atoms with E-state index in [1.165, 1.54) is 12.1 Å². The maximum atomic E-state index is 13.3. The summed E-state index contributed by atoms with van der Waals surface area (Å²) >= 11 is 6.20. The van der Waals surface area contributed by atoms with Gasteiger partial charge in [-0.3, -0.25) is 14.9 Å². The topological polar surface area (TPSA) is 97.2 Å². The second-order valence-electron chi connectivity index (χ2n) is 7.27. The highest BCUT2D eigenvalue weighted by Crippen LogP contribution is 2.32. The normalized spacial score (nSPS) is 16.8. The van der Waals surface area contributed by atoms with E-state index in [2.05, 4.69) is 10.2 Å². The van der Waals surface area contributed by atoms with Gasteiger partial charge in [0.05, 0.1) is 54.0 Å². The molecule has 2 aromatic carbocycles. The number of nitro benzene ring substituents is 1. The number of nitro groups is 1. The van der Waals surface area contributed by atoms with E-state index in [1.807, 2.05) is 11.0 Å². The average Bonchev–Trinajstić information content (AvgIpc) is 2.80. The number of hydrogen-bond acceptors (Lipinski definition) is 7. The molecule has 4 rings (SSSR count). The van der Waals surface area contributed by atoms with Crippen molar-refractivity contribution in [2.45, 2.75) is 0 Å². The number of ether oxygens (including phenoxy) is 2. The first-order valence-electron chi connectivity index (χ1n) is 10.1. The summed E-state index contributed by atoms with van der Waals surface area (Å²) in [7, 11) is 0. The number of rotatable bonds is 5. The van der Waals surface area contributed by atoms with Crippen molar-refractivity contribution in [3.8, 4) is 0 Å². The zero-order chi connectivity index (χ0) is 21.8. The molecule has 0 saturated carbocycles. The number of benzene rings is 2. The molecular weight excluding hydrogens is 424 g/mol. The number of nitrogens with one attached hydrogen (secondary N) is 1. The predicted molar refractivity (Wildman–Crippen MR) is 119 cm³/mol. The number of amides is 1. The summed E-state index contributed by atoms with van der Waals surface area (Å²) in [5.41, 5.74) is 2.13. The van der Waals surface area contributed by atoms with Crippen molar-refractivity contribution in [1.82, 2.24) is 0 Å². The van der Waals surface area contributed by atoms with E-state index in [0.717, 1.165) is 5.69 Å². The first kappa shape index (κ1) is 21.4. The number of nitrogens with zero attached hydrogens (tertiary/aromatic N) is 3. The number of carbonyl (C=O) groups excluding carboxylic acids is 1. The monoisotopic (exact) mass is 446 g/mol. The van der Waals surface area contributed by atoms with E-state index in [4.69, 9.17) is 21.1 Å². The molecule has 1 N–H and O–H groups in total. The van der Waals surface area contributed by atoms with Gasteiger partial charge in [0.2, 0.25) is 0 Å². The van der Waals surface area contributed by atoms with Crippen LogP contribution in [0.1, 0.15) is 10.4 Å². The third-order valence-corrected chi connectivity index (χ3v) is 5.58. The predicted octanol–water partition coefficient (Wildman–Crippen LogP) is 3.17. The minimum atomic E-state index is -0.502. The van der Waals surface area contributed by atoms with Gasteiger partial charge in [0.15, 0.2) is 0 Å². The van der Waals surface area contributed by atoms with Gasteiger partial charge in [-0.25, -0.2) is 0 Å². The van der Waals surface area contributed by atoms with Crippen LogP contribution in [0.15, 0.2) is 36.4 Å². The van der Waals surface area contributed by atoms with Gasteiger partial charge in [0.1, 0.15) is 0 Å². The van der Waals surface area contributed by atoms with Crippen LogP contribution in [0.4, 0.5) is 22.7 Å². The summed E-state index contributed by atoms with van der Waals surface area (Å²) in [4.78, 5) is 28.3. The van der Waals surface area contributed by atoms with Gasteiger partial charge in [-0.1, -0.05) is 11.6 Å². The third kappa shape index (κ3) is 4.90. The fourth-order valence-electron chi connectivity index (χ4n) is 3.78. The third-order valence-electron chi connectivity index (χ3n) is 5.35. The summed E-state index contributed by atoms with van der Waals surface area (Å²) in [5, 5.41) is 14.7.